The number of carbonyl (C=O) groups excluding carboxylic acids is 1. The van der Waals surface area contributed by atoms with Crippen molar-refractivity contribution in [3.8, 4) is 10.7 Å². The number of pyridine rings is 1. The Balaban J connectivity index is 2.02. The van der Waals surface area contributed by atoms with Crippen molar-refractivity contribution >= 4 is 39.1 Å². The number of nitrogens with two attached hydrogens (primary N) is 1. The molecule has 7 heteroatoms. The summed E-state index contributed by atoms with van der Waals surface area (Å²) in [6.45, 7) is 0. The fourth-order valence-electron chi connectivity index (χ4n) is 1.88. The van der Waals surface area contributed by atoms with Gasteiger partial charge in [-0.15, -0.1) is 11.3 Å². The summed E-state index contributed by atoms with van der Waals surface area (Å²) in [6.07, 6.45) is 0. The SMILES string of the molecule is NC(=O)CSc1cccc(-c2nc(=O)c3ccccc3s2)n1. The van der Waals surface area contributed by atoms with Gasteiger partial charge in [0.15, 0.2) is 0 Å². The second kappa shape index (κ2) is 6.25. The average Bonchev–Trinajstić information content (AvgIpc) is 2.53. The molecule has 2 aromatic heterocycles. The van der Waals surface area contributed by atoms with Crippen molar-refractivity contribution in [3.05, 3.63) is 52.8 Å². The Morgan fingerprint density at radius 2 is 1.95 bits per heavy atom. The maximum atomic E-state index is 12.1. The van der Waals surface area contributed by atoms with Crippen molar-refractivity contribution < 1.29 is 4.79 Å². The molecule has 0 bridgehead atoms. The lowest BCUT2D eigenvalue weighted by atomic mass is 10.3. The van der Waals surface area contributed by atoms with E-state index in [1.54, 1.807) is 18.2 Å². The first-order chi connectivity index (χ1) is 10.6. The highest BCUT2D eigenvalue weighted by Gasteiger charge is 2.09. The van der Waals surface area contributed by atoms with E-state index in [0.717, 1.165) is 4.70 Å². The molecule has 0 spiro atoms. The van der Waals surface area contributed by atoms with Gasteiger partial charge in [0.25, 0.3) is 5.56 Å². The maximum Gasteiger partial charge on any atom is 0.279 e. The van der Waals surface area contributed by atoms with Gasteiger partial charge in [0.1, 0.15) is 10.7 Å². The second-order valence-electron chi connectivity index (χ2n) is 4.44. The minimum atomic E-state index is -0.398. The van der Waals surface area contributed by atoms with E-state index in [1.807, 2.05) is 24.3 Å². The molecule has 0 unspecified atom stereocenters. The van der Waals surface area contributed by atoms with Gasteiger partial charge in [-0.3, -0.25) is 9.59 Å². The van der Waals surface area contributed by atoms with Crippen LogP contribution in [0.5, 0.6) is 0 Å². The molecule has 5 nitrogen and oxygen atoms in total. The summed E-state index contributed by atoms with van der Waals surface area (Å²) < 4.78 is 0.870. The van der Waals surface area contributed by atoms with Crippen molar-refractivity contribution in [2.75, 3.05) is 5.75 Å². The number of thioether (sulfide) groups is 1. The van der Waals surface area contributed by atoms with Crippen LogP contribution in [0.2, 0.25) is 0 Å². The first kappa shape index (κ1) is 14.7. The monoisotopic (exact) mass is 329 g/mol. The first-order valence-electron chi connectivity index (χ1n) is 6.42. The molecule has 22 heavy (non-hydrogen) atoms. The van der Waals surface area contributed by atoms with Crippen LogP contribution >= 0.6 is 23.1 Å². The number of hydrogen-bond donors (Lipinski definition) is 1. The number of benzene rings is 1. The summed E-state index contributed by atoms with van der Waals surface area (Å²) >= 11 is 2.67. The van der Waals surface area contributed by atoms with Crippen LogP contribution in [-0.2, 0) is 4.79 Å². The zero-order valence-corrected chi connectivity index (χ0v) is 13.0. The van der Waals surface area contributed by atoms with E-state index in [4.69, 9.17) is 5.73 Å². The Kier molecular flexibility index (Phi) is 4.17. The summed E-state index contributed by atoms with van der Waals surface area (Å²) in [7, 11) is 0. The quantitative estimate of drug-likeness (QED) is 0.742. The minimum Gasteiger partial charge on any atom is -0.369 e. The third-order valence-corrected chi connectivity index (χ3v) is 4.85. The van der Waals surface area contributed by atoms with Gasteiger partial charge >= 0.3 is 0 Å². The smallest absolute Gasteiger partial charge is 0.279 e. The van der Waals surface area contributed by atoms with Crippen LogP contribution in [-0.4, -0.2) is 21.6 Å². The Morgan fingerprint density at radius 1 is 1.14 bits per heavy atom. The summed E-state index contributed by atoms with van der Waals surface area (Å²) in [6, 6.07) is 12.8. The standard InChI is InChI=1S/C15H11N3O2S2/c16-12(19)8-21-13-7-3-5-10(17-13)15-18-14(20)9-4-1-2-6-11(9)22-15/h1-7H,8H2,(H2,16,19). The molecular weight excluding hydrogens is 318 g/mol. The van der Waals surface area contributed by atoms with Gasteiger partial charge in [-0.05, 0) is 24.3 Å². The predicted molar refractivity (Wildman–Crippen MR) is 89.0 cm³/mol. The number of hydrogen-bond acceptors (Lipinski definition) is 6. The summed E-state index contributed by atoms with van der Waals surface area (Å²) in [5.41, 5.74) is 5.48. The molecule has 0 aliphatic rings. The van der Waals surface area contributed by atoms with Crippen LogP contribution in [0.15, 0.2) is 52.3 Å². The number of primary amides is 1. The maximum absolute atomic E-state index is 12.1. The molecule has 2 heterocycles. The van der Waals surface area contributed by atoms with Gasteiger partial charge in [0.2, 0.25) is 5.91 Å². The largest absolute Gasteiger partial charge is 0.369 e. The fourth-order valence-corrected chi connectivity index (χ4v) is 3.48. The molecule has 0 saturated carbocycles. The van der Waals surface area contributed by atoms with Crippen molar-refractivity contribution in [1.29, 1.82) is 0 Å². The zero-order valence-electron chi connectivity index (χ0n) is 11.4. The predicted octanol–water partition coefficient (Wildman–Crippen LogP) is 2.30. The van der Waals surface area contributed by atoms with E-state index < -0.39 is 5.91 Å². The van der Waals surface area contributed by atoms with Crippen LogP contribution in [0.4, 0.5) is 0 Å². The molecule has 0 aliphatic heterocycles. The summed E-state index contributed by atoms with van der Waals surface area (Å²) in [5, 5.41) is 1.84. The minimum absolute atomic E-state index is 0.165. The van der Waals surface area contributed by atoms with Gasteiger partial charge in [-0.2, -0.15) is 4.98 Å². The van der Waals surface area contributed by atoms with Crippen LogP contribution in [0.3, 0.4) is 0 Å². The van der Waals surface area contributed by atoms with Crippen molar-refractivity contribution in [2.45, 2.75) is 5.03 Å². The molecule has 0 atom stereocenters. The highest BCUT2D eigenvalue weighted by atomic mass is 32.2. The van der Waals surface area contributed by atoms with Crippen LogP contribution in [0.1, 0.15) is 0 Å². The number of aromatic nitrogens is 2. The Labute approximate surface area is 134 Å². The van der Waals surface area contributed by atoms with Gasteiger partial charge in [0.05, 0.1) is 16.2 Å². The highest BCUT2D eigenvalue weighted by Crippen LogP contribution is 2.26. The lowest BCUT2D eigenvalue weighted by Gasteiger charge is -2.03. The molecular formula is C15H11N3O2S2. The third kappa shape index (κ3) is 3.15. The van der Waals surface area contributed by atoms with E-state index in [-0.39, 0.29) is 11.3 Å². The molecule has 1 aromatic carbocycles. The molecule has 2 N–H and O–H groups in total. The molecule has 0 saturated heterocycles. The lowest BCUT2D eigenvalue weighted by molar-refractivity contribution is -0.115. The number of fused-ring (bicyclic) bond motifs is 1. The van der Waals surface area contributed by atoms with E-state index in [9.17, 15) is 9.59 Å². The zero-order chi connectivity index (χ0) is 15.5. The van der Waals surface area contributed by atoms with Crippen molar-refractivity contribution in [2.24, 2.45) is 5.73 Å². The van der Waals surface area contributed by atoms with Crippen molar-refractivity contribution in [3.63, 3.8) is 0 Å². The van der Waals surface area contributed by atoms with Crippen LogP contribution < -0.4 is 11.3 Å². The van der Waals surface area contributed by atoms with E-state index in [2.05, 4.69) is 9.97 Å². The fraction of sp³-hybridized carbons (Fsp3) is 0.0667. The van der Waals surface area contributed by atoms with E-state index in [1.165, 1.54) is 23.1 Å². The number of carbonyl (C=O) groups is 1. The van der Waals surface area contributed by atoms with Crippen molar-refractivity contribution in [1.82, 2.24) is 9.97 Å². The molecule has 110 valence electrons. The second-order valence-corrected chi connectivity index (χ2v) is 6.46. The Hall–Kier alpha value is -2.25. The van der Waals surface area contributed by atoms with Crippen LogP contribution in [0, 0.1) is 0 Å². The molecule has 0 fully saturated rings. The number of rotatable bonds is 4. The molecule has 0 radical (unpaired) electrons. The Morgan fingerprint density at radius 3 is 2.77 bits per heavy atom. The number of nitrogens with zero attached hydrogens (tertiary/aromatic N) is 2. The van der Waals surface area contributed by atoms with Gasteiger partial charge in [-0.25, -0.2) is 4.98 Å². The van der Waals surface area contributed by atoms with Crippen LogP contribution in [0.25, 0.3) is 20.8 Å². The normalized spacial score (nSPS) is 10.7. The summed E-state index contributed by atoms with van der Waals surface area (Å²) in [4.78, 5) is 31.4. The molecule has 3 aromatic rings. The molecule has 3 rings (SSSR count). The molecule has 0 aliphatic carbocycles. The van der Waals surface area contributed by atoms with E-state index in [0.29, 0.717) is 21.1 Å². The molecule has 1 amide bonds. The highest BCUT2D eigenvalue weighted by molar-refractivity contribution is 7.99. The number of amides is 1. The van der Waals surface area contributed by atoms with E-state index >= 15 is 0 Å². The van der Waals surface area contributed by atoms with Gasteiger partial charge in [-0.1, -0.05) is 30.0 Å². The average molecular weight is 329 g/mol. The Bertz CT molecular complexity index is 908. The van der Waals surface area contributed by atoms with Gasteiger partial charge < -0.3 is 5.73 Å². The summed E-state index contributed by atoms with van der Waals surface area (Å²) in [5.74, 6) is -0.233. The van der Waals surface area contributed by atoms with Gasteiger partial charge in [0, 0.05) is 4.70 Å². The third-order valence-electron chi connectivity index (χ3n) is 2.83. The lowest BCUT2D eigenvalue weighted by Crippen LogP contribution is -2.13. The first-order valence-corrected chi connectivity index (χ1v) is 8.22. The topological polar surface area (TPSA) is 85.9 Å².